The third-order valence-electron chi connectivity index (χ3n) is 1.90. The second-order valence-corrected chi connectivity index (χ2v) is 4.30. The average Bonchev–Trinajstić information content (AvgIpc) is 2.19. The van der Waals surface area contributed by atoms with Gasteiger partial charge in [-0.15, -0.1) is 0 Å². The van der Waals surface area contributed by atoms with Crippen molar-refractivity contribution in [3.8, 4) is 0 Å². The van der Waals surface area contributed by atoms with Gasteiger partial charge in [-0.3, -0.25) is 9.59 Å². The Kier molecular flexibility index (Phi) is 4.49. The van der Waals surface area contributed by atoms with Crippen LogP contribution < -0.4 is 10.6 Å². The Bertz CT molecular complexity index is 418. The van der Waals surface area contributed by atoms with Crippen molar-refractivity contribution in [2.24, 2.45) is 0 Å². The third-order valence-corrected chi connectivity index (χ3v) is 2.55. The van der Waals surface area contributed by atoms with Crippen molar-refractivity contribution in [2.75, 3.05) is 11.9 Å². The van der Waals surface area contributed by atoms with Crippen LogP contribution in [0.3, 0.4) is 0 Å². The Morgan fingerprint density at radius 1 is 1.38 bits per heavy atom. The molecular weight excluding hydrogens is 272 g/mol. The SMILES string of the molecule is CC(=O)NCC(=O)Nc1ccc(C)cc1Br. The number of hydrogen-bond donors (Lipinski definition) is 2. The maximum atomic E-state index is 11.4. The van der Waals surface area contributed by atoms with Gasteiger partial charge in [0.15, 0.2) is 0 Å². The molecule has 0 aliphatic heterocycles. The van der Waals surface area contributed by atoms with E-state index in [1.54, 1.807) is 0 Å². The van der Waals surface area contributed by atoms with E-state index in [2.05, 4.69) is 26.6 Å². The summed E-state index contributed by atoms with van der Waals surface area (Å²) in [4.78, 5) is 22.0. The van der Waals surface area contributed by atoms with Crippen molar-refractivity contribution in [2.45, 2.75) is 13.8 Å². The van der Waals surface area contributed by atoms with Crippen molar-refractivity contribution in [3.05, 3.63) is 28.2 Å². The Hall–Kier alpha value is -1.36. The van der Waals surface area contributed by atoms with Gasteiger partial charge in [0.25, 0.3) is 0 Å². The molecule has 0 aromatic heterocycles. The minimum atomic E-state index is -0.250. The van der Waals surface area contributed by atoms with Crippen molar-refractivity contribution >= 4 is 33.4 Å². The molecule has 0 spiro atoms. The minimum Gasteiger partial charge on any atom is -0.347 e. The van der Waals surface area contributed by atoms with Gasteiger partial charge in [-0.1, -0.05) is 6.07 Å². The highest BCUT2D eigenvalue weighted by Crippen LogP contribution is 2.22. The second kappa shape index (κ2) is 5.65. The lowest BCUT2D eigenvalue weighted by Gasteiger charge is -2.08. The molecule has 0 radical (unpaired) electrons. The topological polar surface area (TPSA) is 58.2 Å². The van der Waals surface area contributed by atoms with Crippen molar-refractivity contribution in [1.82, 2.24) is 5.32 Å². The number of rotatable bonds is 3. The Labute approximate surface area is 103 Å². The van der Waals surface area contributed by atoms with E-state index in [-0.39, 0.29) is 18.4 Å². The van der Waals surface area contributed by atoms with Crippen molar-refractivity contribution < 1.29 is 9.59 Å². The lowest BCUT2D eigenvalue weighted by molar-refractivity contribution is -0.122. The smallest absolute Gasteiger partial charge is 0.243 e. The van der Waals surface area contributed by atoms with Crippen LogP contribution in [0.15, 0.2) is 22.7 Å². The van der Waals surface area contributed by atoms with Gasteiger partial charge in [-0.25, -0.2) is 0 Å². The highest BCUT2D eigenvalue weighted by atomic mass is 79.9. The molecule has 86 valence electrons. The Morgan fingerprint density at radius 3 is 2.62 bits per heavy atom. The molecule has 2 amide bonds. The van der Waals surface area contributed by atoms with Crippen LogP contribution in [0, 0.1) is 6.92 Å². The molecule has 0 fully saturated rings. The Morgan fingerprint density at radius 2 is 2.06 bits per heavy atom. The minimum absolute atomic E-state index is 0.0182. The predicted octanol–water partition coefficient (Wildman–Crippen LogP) is 1.83. The van der Waals surface area contributed by atoms with Crippen LogP contribution in [0.25, 0.3) is 0 Å². The molecule has 0 saturated heterocycles. The number of nitrogens with one attached hydrogen (secondary N) is 2. The molecule has 0 bridgehead atoms. The van der Waals surface area contributed by atoms with Gasteiger partial charge in [0.05, 0.1) is 12.2 Å². The lowest BCUT2D eigenvalue weighted by atomic mass is 10.2. The van der Waals surface area contributed by atoms with E-state index in [4.69, 9.17) is 0 Å². The molecule has 0 aliphatic rings. The van der Waals surface area contributed by atoms with E-state index in [9.17, 15) is 9.59 Å². The van der Waals surface area contributed by atoms with Gasteiger partial charge in [0.2, 0.25) is 11.8 Å². The van der Waals surface area contributed by atoms with E-state index in [1.165, 1.54) is 6.92 Å². The van der Waals surface area contributed by atoms with Crippen LogP contribution in [0.4, 0.5) is 5.69 Å². The second-order valence-electron chi connectivity index (χ2n) is 3.44. The maximum absolute atomic E-state index is 11.4. The summed E-state index contributed by atoms with van der Waals surface area (Å²) in [5.74, 6) is -0.474. The van der Waals surface area contributed by atoms with E-state index in [0.29, 0.717) is 5.69 Å². The van der Waals surface area contributed by atoms with Gasteiger partial charge < -0.3 is 10.6 Å². The summed E-state index contributed by atoms with van der Waals surface area (Å²) in [6, 6.07) is 5.62. The summed E-state index contributed by atoms with van der Waals surface area (Å²) in [6.07, 6.45) is 0. The zero-order valence-electron chi connectivity index (χ0n) is 9.13. The molecular formula is C11H13BrN2O2. The fourth-order valence-corrected chi connectivity index (χ4v) is 1.71. The molecule has 0 unspecified atom stereocenters. The highest BCUT2D eigenvalue weighted by molar-refractivity contribution is 9.10. The number of aryl methyl sites for hydroxylation is 1. The third kappa shape index (κ3) is 4.02. The normalized spacial score (nSPS) is 9.69. The van der Waals surface area contributed by atoms with Crippen LogP contribution in [0.2, 0.25) is 0 Å². The zero-order valence-corrected chi connectivity index (χ0v) is 10.7. The molecule has 0 aliphatic carbocycles. The number of halogens is 1. The van der Waals surface area contributed by atoms with Crippen LogP contribution in [0.5, 0.6) is 0 Å². The van der Waals surface area contributed by atoms with Crippen LogP contribution in [-0.4, -0.2) is 18.4 Å². The van der Waals surface area contributed by atoms with Crippen LogP contribution >= 0.6 is 15.9 Å². The van der Waals surface area contributed by atoms with Crippen LogP contribution in [0.1, 0.15) is 12.5 Å². The van der Waals surface area contributed by atoms with Crippen LogP contribution in [-0.2, 0) is 9.59 Å². The molecule has 4 nitrogen and oxygen atoms in total. The van der Waals surface area contributed by atoms with Gasteiger partial charge >= 0.3 is 0 Å². The number of anilines is 1. The average molecular weight is 285 g/mol. The summed E-state index contributed by atoms with van der Waals surface area (Å²) >= 11 is 3.35. The van der Waals surface area contributed by atoms with Crippen molar-refractivity contribution in [1.29, 1.82) is 0 Å². The number of amides is 2. The monoisotopic (exact) mass is 284 g/mol. The first-order valence-electron chi connectivity index (χ1n) is 4.79. The number of benzene rings is 1. The summed E-state index contributed by atoms with van der Waals surface area (Å²) in [5, 5.41) is 5.12. The predicted molar refractivity (Wildman–Crippen MR) is 66.2 cm³/mol. The van der Waals surface area contributed by atoms with E-state index >= 15 is 0 Å². The molecule has 1 aromatic carbocycles. The summed E-state index contributed by atoms with van der Waals surface area (Å²) in [6.45, 7) is 3.32. The molecule has 0 heterocycles. The van der Waals surface area contributed by atoms with Gasteiger partial charge in [0, 0.05) is 11.4 Å². The number of hydrogen-bond acceptors (Lipinski definition) is 2. The van der Waals surface area contributed by atoms with E-state index in [0.717, 1.165) is 10.0 Å². The quantitative estimate of drug-likeness (QED) is 0.890. The summed E-state index contributed by atoms with van der Waals surface area (Å²) in [5.41, 5.74) is 1.80. The fraction of sp³-hybridized carbons (Fsp3) is 0.273. The standard InChI is InChI=1S/C11H13BrN2O2/c1-7-3-4-10(9(12)5-7)14-11(16)6-13-8(2)15/h3-5H,6H2,1-2H3,(H,13,15)(H,14,16). The molecule has 0 atom stereocenters. The molecule has 1 aromatic rings. The van der Waals surface area contributed by atoms with E-state index in [1.807, 2.05) is 25.1 Å². The Balaban J connectivity index is 2.59. The number of carbonyl (C=O) groups excluding carboxylic acids is 2. The summed E-state index contributed by atoms with van der Waals surface area (Å²) < 4.78 is 0.823. The van der Waals surface area contributed by atoms with Gasteiger partial charge in [-0.05, 0) is 40.5 Å². The lowest BCUT2D eigenvalue weighted by Crippen LogP contribution is -2.31. The molecule has 5 heteroatoms. The first-order chi connectivity index (χ1) is 7.49. The van der Waals surface area contributed by atoms with E-state index < -0.39 is 0 Å². The van der Waals surface area contributed by atoms with Crippen molar-refractivity contribution in [3.63, 3.8) is 0 Å². The highest BCUT2D eigenvalue weighted by Gasteiger charge is 2.05. The summed E-state index contributed by atoms with van der Waals surface area (Å²) in [7, 11) is 0. The molecule has 16 heavy (non-hydrogen) atoms. The zero-order chi connectivity index (χ0) is 12.1. The van der Waals surface area contributed by atoms with Gasteiger partial charge in [0.1, 0.15) is 0 Å². The largest absolute Gasteiger partial charge is 0.347 e. The fourth-order valence-electron chi connectivity index (χ4n) is 1.12. The maximum Gasteiger partial charge on any atom is 0.243 e. The molecule has 1 rings (SSSR count). The molecule has 2 N–H and O–H groups in total. The number of carbonyl (C=O) groups is 2. The first kappa shape index (κ1) is 12.7. The van der Waals surface area contributed by atoms with Gasteiger partial charge in [-0.2, -0.15) is 0 Å². The first-order valence-corrected chi connectivity index (χ1v) is 5.59. The molecule has 0 saturated carbocycles.